The molecule has 0 amide bonds. The molecule has 20 heavy (non-hydrogen) atoms. The van der Waals surface area contributed by atoms with Crippen molar-refractivity contribution < 1.29 is 21.2 Å². The number of sulfonamides is 1. The number of benzene rings is 1. The van der Waals surface area contributed by atoms with Crippen molar-refractivity contribution in [2.75, 3.05) is 12.8 Å². The Hall–Kier alpha value is -0.990. The maximum atomic E-state index is 13.8. The highest BCUT2D eigenvalue weighted by atomic mass is 32.2. The van der Waals surface area contributed by atoms with Gasteiger partial charge in [0.15, 0.2) is 9.84 Å². The van der Waals surface area contributed by atoms with Crippen LogP contribution in [-0.4, -0.2) is 40.0 Å². The van der Waals surface area contributed by atoms with E-state index in [-0.39, 0.29) is 17.5 Å². The molecule has 5 nitrogen and oxygen atoms in total. The summed E-state index contributed by atoms with van der Waals surface area (Å²) in [5.74, 6) is -0.934. The van der Waals surface area contributed by atoms with E-state index >= 15 is 0 Å². The fourth-order valence-electron chi connectivity index (χ4n) is 2.03. The molecule has 1 fully saturated rings. The first-order chi connectivity index (χ1) is 9.17. The summed E-state index contributed by atoms with van der Waals surface area (Å²) in [4.78, 5) is -0.779. The molecule has 1 aliphatic rings. The quantitative estimate of drug-likeness (QED) is 0.769. The zero-order chi connectivity index (χ0) is 15.1. The van der Waals surface area contributed by atoms with Crippen molar-refractivity contribution in [2.45, 2.75) is 35.6 Å². The summed E-state index contributed by atoms with van der Waals surface area (Å²) in [6.07, 6.45) is 2.45. The summed E-state index contributed by atoms with van der Waals surface area (Å²) >= 11 is 0. The molecule has 0 aliphatic heterocycles. The molecule has 0 N–H and O–H groups in total. The molecule has 1 aliphatic carbocycles. The predicted octanol–water partition coefficient (Wildman–Crippen LogP) is 1.40. The highest BCUT2D eigenvalue weighted by Gasteiger charge is 2.38. The molecule has 0 atom stereocenters. The van der Waals surface area contributed by atoms with E-state index in [2.05, 4.69) is 0 Å². The molecule has 0 saturated heterocycles. The molecular weight excluding hydrogens is 305 g/mol. The SMILES string of the molecule is CCN(C1CC1)S(=O)(=O)c1cc(S(C)(=O)=O)ccc1F. The molecule has 8 heteroatoms. The van der Waals surface area contributed by atoms with Gasteiger partial charge in [0.1, 0.15) is 10.7 Å². The molecule has 0 bridgehead atoms. The van der Waals surface area contributed by atoms with Crippen LogP contribution in [0, 0.1) is 5.82 Å². The monoisotopic (exact) mass is 321 g/mol. The lowest BCUT2D eigenvalue weighted by molar-refractivity contribution is 0.416. The molecule has 1 aromatic rings. The summed E-state index contributed by atoms with van der Waals surface area (Å²) in [5.41, 5.74) is 0. The number of nitrogens with zero attached hydrogens (tertiary/aromatic N) is 1. The summed E-state index contributed by atoms with van der Waals surface area (Å²) < 4.78 is 62.9. The van der Waals surface area contributed by atoms with Crippen molar-refractivity contribution in [1.82, 2.24) is 4.31 Å². The van der Waals surface area contributed by atoms with Gasteiger partial charge >= 0.3 is 0 Å². The molecule has 0 aromatic heterocycles. The van der Waals surface area contributed by atoms with E-state index in [4.69, 9.17) is 0 Å². The Kier molecular flexibility index (Phi) is 3.92. The van der Waals surface area contributed by atoms with Gasteiger partial charge in [0.25, 0.3) is 0 Å². The van der Waals surface area contributed by atoms with E-state index < -0.39 is 30.6 Å². The van der Waals surface area contributed by atoms with Crippen LogP contribution < -0.4 is 0 Å². The maximum Gasteiger partial charge on any atom is 0.246 e. The fraction of sp³-hybridized carbons (Fsp3) is 0.500. The first-order valence-electron chi connectivity index (χ1n) is 6.19. The van der Waals surface area contributed by atoms with Gasteiger partial charge in [-0.3, -0.25) is 0 Å². The molecule has 0 unspecified atom stereocenters. The van der Waals surface area contributed by atoms with Gasteiger partial charge in [-0.25, -0.2) is 21.2 Å². The third-order valence-corrected chi connectivity index (χ3v) is 6.34. The van der Waals surface area contributed by atoms with E-state index in [0.29, 0.717) is 0 Å². The smallest absolute Gasteiger partial charge is 0.224 e. The Labute approximate surface area is 118 Å². The van der Waals surface area contributed by atoms with E-state index in [1.807, 2.05) is 0 Å². The molecule has 2 rings (SSSR count). The topological polar surface area (TPSA) is 71.5 Å². The van der Waals surface area contributed by atoms with Crippen LogP contribution in [0.25, 0.3) is 0 Å². The number of halogens is 1. The number of hydrogen-bond acceptors (Lipinski definition) is 4. The first-order valence-corrected chi connectivity index (χ1v) is 9.52. The average Bonchev–Trinajstić information content (AvgIpc) is 3.12. The Morgan fingerprint density at radius 1 is 1.25 bits per heavy atom. The molecule has 112 valence electrons. The Morgan fingerprint density at radius 2 is 1.85 bits per heavy atom. The van der Waals surface area contributed by atoms with Gasteiger partial charge in [0.2, 0.25) is 10.0 Å². The van der Waals surface area contributed by atoms with Crippen LogP contribution in [0.3, 0.4) is 0 Å². The van der Waals surface area contributed by atoms with Gasteiger partial charge < -0.3 is 0 Å². The Balaban J connectivity index is 2.56. The molecule has 1 aromatic carbocycles. The van der Waals surface area contributed by atoms with Crippen LogP contribution in [-0.2, 0) is 19.9 Å². The fourth-order valence-corrected chi connectivity index (χ4v) is 4.53. The lowest BCUT2D eigenvalue weighted by Gasteiger charge is -2.20. The van der Waals surface area contributed by atoms with Crippen LogP contribution in [0.5, 0.6) is 0 Å². The number of hydrogen-bond donors (Lipinski definition) is 0. The first kappa shape index (κ1) is 15.4. The highest BCUT2D eigenvalue weighted by molar-refractivity contribution is 7.91. The largest absolute Gasteiger partial charge is 0.246 e. The number of sulfone groups is 1. The molecule has 0 spiro atoms. The lowest BCUT2D eigenvalue weighted by atomic mass is 10.3. The molecule has 0 heterocycles. The summed E-state index contributed by atoms with van der Waals surface area (Å²) in [6.45, 7) is 1.91. The minimum absolute atomic E-state index is 0.105. The van der Waals surface area contributed by atoms with Crippen molar-refractivity contribution in [3.05, 3.63) is 24.0 Å². The zero-order valence-corrected chi connectivity index (χ0v) is 12.8. The maximum absolute atomic E-state index is 13.8. The van der Waals surface area contributed by atoms with Crippen LogP contribution >= 0.6 is 0 Å². The van der Waals surface area contributed by atoms with Crippen LogP contribution in [0.2, 0.25) is 0 Å². The van der Waals surface area contributed by atoms with E-state index in [9.17, 15) is 21.2 Å². The van der Waals surface area contributed by atoms with Crippen molar-refractivity contribution in [3.8, 4) is 0 Å². The van der Waals surface area contributed by atoms with Crippen LogP contribution in [0.15, 0.2) is 28.0 Å². The summed E-state index contributed by atoms with van der Waals surface area (Å²) in [5, 5.41) is 0. The summed E-state index contributed by atoms with van der Waals surface area (Å²) in [7, 11) is -7.60. The second-order valence-electron chi connectivity index (χ2n) is 4.80. The third-order valence-electron chi connectivity index (χ3n) is 3.18. The van der Waals surface area contributed by atoms with Gasteiger partial charge in [-0.15, -0.1) is 0 Å². The normalized spacial score (nSPS) is 16.6. The lowest BCUT2D eigenvalue weighted by Crippen LogP contribution is -2.33. The standard InChI is InChI=1S/C12H16FNO4S2/c1-3-14(9-4-5-9)20(17,18)12-8-10(19(2,15)16)6-7-11(12)13/h6-9H,3-5H2,1-2H3. The van der Waals surface area contributed by atoms with E-state index in [1.165, 1.54) is 4.31 Å². The minimum Gasteiger partial charge on any atom is -0.224 e. The van der Waals surface area contributed by atoms with Gasteiger partial charge in [-0.2, -0.15) is 4.31 Å². The minimum atomic E-state index is -4.01. The second kappa shape index (κ2) is 5.09. The zero-order valence-electron chi connectivity index (χ0n) is 11.2. The number of rotatable bonds is 5. The summed E-state index contributed by atoms with van der Waals surface area (Å²) in [6, 6.07) is 2.73. The van der Waals surface area contributed by atoms with E-state index in [0.717, 1.165) is 37.3 Å². The van der Waals surface area contributed by atoms with Gasteiger partial charge in [-0.1, -0.05) is 6.92 Å². The van der Waals surface area contributed by atoms with Crippen molar-refractivity contribution in [1.29, 1.82) is 0 Å². The van der Waals surface area contributed by atoms with Crippen LogP contribution in [0.1, 0.15) is 19.8 Å². The molecule has 1 saturated carbocycles. The third kappa shape index (κ3) is 2.87. The van der Waals surface area contributed by atoms with Crippen molar-refractivity contribution in [3.63, 3.8) is 0 Å². The van der Waals surface area contributed by atoms with Gasteiger partial charge in [-0.05, 0) is 31.0 Å². The molecular formula is C12H16FNO4S2. The Morgan fingerprint density at radius 3 is 2.30 bits per heavy atom. The van der Waals surface area contributed by atoms with Gasteiger partial charge in [0, 0.05) is 18.8 Å². The van der Waals surface area contributed by atoms with Gasteiger partial charge in [0.05, 0.1) is 4.90 Å². The van der Waals surface area contributed by atoms with Crippen LogP contribution in [0.4, 0.5) is 4.39 Å². The Bertz CT molecular complexity index is 724. The molecule has 0 radical (unpaired) electrons. The average molecular weight is 321 g/mol. The predicted molar refractivity (Wildman–Crippen MR) is 72.1 cm³/mol. The van der Waals surface area contributed by atoms with E-state index in [1.54, 1.807) is 6.92 Å². The highest BCUT2D eigenvalue weighted by Crippen LogP contribution is 2.33. The van der Waals surface area contributed by atoms with Crippen molar-refractivity contribution >= 4 is 19.9 Å². The second-order valence-corrected chi connectivity index (χ2v) is 8.68. The van der Waals surface area contributed by atoms with Crippen molar-refractivity contribution in [2.24, 2.45) is 0 Å².